The van der Waals surface area contributed by atoms with E-state index in [9.17, 15) is 14.4 Å². The third kappa shape index (κ3) is 4.25. The molecule has 4 N–H and O–H groups in total. The highest BCUT2D eigenvalue weighted by atomic mass is 16.4. The molecule has 0 radical (unpaired) electrons. The Balaban J connectivity index is 2.53. The molecule has 0 aliphatic carbocycles. The van der Waals surface area contributed by atoms with Gasteiger partial charge in [0.1, 0.15) is 0 Å². The molecule has 96 valence electrons. The Hall–Kier alpha value is -2.37. The standard InChI is InChI=1S/C12H14N2O4/c13-10(15)5-2-6-14-11(16)8-3-1-4-9(7-8)12(17)18/h1,3-4,7H,2,5-6H2,(H2,13,15)(H,14,16)(H,17,18). The zero-order valence-electron chi connectivity index (χ0n) is 9.68. The van der Waals surface area contributed by atoms with Crippen LogP contribution in [-0.2, 0) is 4.79 Å². The van der Waals surface area contributed by atoms with Crippen LogP contribution < -0.4 is 11.1 Å². The van der Waals surface area contributed by atoms with Gasteiger partial charge in [0.25, 0.3) is 5.91 Å². The molecule has 1 aromatic carbocycles. The van der Waals surface area contributed by atoms with Crippen molar-refractivity contribution >= 4 is 17.8 Å². The second-order valence-corrected chi connectivity index (χ2v) is 3.71. The Labute approximate surface area is 104 Å². The smallest absolute Gasteiger partial charge is 0.335 e. The summed E-state index contributed by atoms with van der Waals surface area (Å²) < 4.78 is 0. The van der Waals surface area contributed by atoms with Gasteiger partial charge in [0.05, 0.1) is 5.56 Å². The highest BCUT2D eigenvalue weighted by Crippen LogP contribution is 2.05. The molecule has 0 spiro atoms. The molecule has 0 heterocycles. The molecule has 1 rings (SSSR count). The van der Waals surface area contributed by atoms with Gasteiger partial charge in [-0.15, -0.1) is 0 Å². The van der Waals surface area contributed by atoms with E-state index in [1.54, 1.807) is 0 Å². The first-order chi connectivity index (χ1) is 8.50. The Morgan fingerprint density at radius 2 is 1.89 bits per heavy atom. The number of hydrogen-bond donors (Lipinski definition) is 3. The summed E-state index contributed by atoms with van der Waals surface area (Å²) in [7, 11) is 0. The van der Waals surface area contributed by atoms with E-state index in [1.807, 2.05) is 0 Å². The zero-order chi connectivity index (χ0) is 13.5. The van der Waals surface area contributed by atoms with Crippen molar-refractivity contribution in [2.24, 2.45) is 5.73 Å². The first-order valence-corrected chi connectivity index (χ1v) is 5.40. The molecule has 0 atom stereocenters. The Kier molecular flexibility index (Phi) is 4.86. The van der Waals surface area contributed by atoms with Crippen LogP contribution in [0.15, 0.2) is 24.3 Å². The van der Waals surface area contributed by atoms with E-state index in [-0.39, 0.29) is 23.5 Å². The van der Waals surface area contributed by atoms with Crippen molar-refractivity contribution < 1.29 is 19.5 Å². The highest BCUT2D eigenvalue weighted by molar-refractivity contribution is 5.97. The number of aromatic carboxylic acids is 1. The first kappa shape index (κ1) is 13.7. The minimum Gasteiger partial charge on any atom is -0.478 e. The summed E-state index contributed by atoms with van der Waals surface area (Å²) in [6.07, 6.45) is 0.662. The van der Waals surface area contributed by atoms with Crippen LogP contribution in [0.25, 0.3) is 0 Å². The van der Waals surface area contributed by atoms with Crippen molar-refractivity contribution in [3.63, 3.8) is 0 Å². The molecule has 0 aliphatic rings. The molecule has 6 nitrogen and oxygen atoms in total. The van der Waals surface area contributed by atoms with Gasteiger partial charge in [-0.3, -0.25) is 9.59 Å². The molecule has 0 aliphatic heterocycles. The van der Waals surface area contributed by atoms with E-state index in [1.165, 1.54) is 24.3 Å². The second-order valence-electron chi connectivity index (χ2n) is 3.71. The fourth-order valence-electron chi connectivity index (χ4n) is 1.36. The van der Waals surface area contributed by atoms with E-state index >= 15 is 0 Å². The van der Waals surface area contributed by atoms with Crippen LogP contribution in [0, 0.1) is 0 Å². The molecule has 0 bridgehead atoms. The van der Waals surface area contributed by atoms with Gasteiger partial charge in [-0.25, -0.2) is 4.79 Å². The van der Waals surface area contributed by atoms with E-state index in [4.69, 9.17) is 10.8 Å². The summed E-state index contributed by atoms with van der Waals surface area (Å²) in [6.45, 7) is 0.319. The summed E-state index contributed by atoms with van der Waals surface area (Å²) in [5.41, 5.74) is 5.28. The maximum Gasteiger partial charge on any atom is 0.335 e. The van der Waals surface area contributed by atoms with Crippen molar-refractivity contribution in [3.05, 3.63) is 35.4 Å². The van der Waals surface area contributed by atoms with Gasteiger partial charge in [-0.1, -0.05) is 6.07 Å². The number of benzene rings is 1. The van der Waals surface area contributed by atoms with E-state index < -0.39 is 11.9 Å². The van der Waals surface area contributed by atoms with Crippen molar-refractivity contribution in [2.75, 3.05) is 6.54 Å². The molecule has 2 amide bonds. The van der Waals surface area contributed by atoms with E-state index in [2.05, 4.69) is 5.32 Å². The third-order valence-electron chi connectivity index (χ3n) is 2.26. The summed E-state index contributed by atoms with van der Waals surface area (Å²) in [5, 5.41) is 11.4. The third-order valence-corrected chi connectivity index (χ3v) is 2.26. The number of carbonyl (C=O) groups excluding carboxylic acids is 2. The minimum absolute atomic E-state index is 0.0554. The number of rotatable bonds is 6. The normalized spacial score (nSPS) is 9.78. The van der Waals surface area contributed by atoms with Crippen molar-refractivity contribution in [2.45, 2.75) is 12.8 Å². The lowest BCUT2D eigenvalue weighted by Crippen LogP contribution is -2.25. The van der Waals surface area contributed by atoms with E-state index in [0.29, 0.717) is 13.0 Å². The maximum absolute atomic E-state index is 11.6. The molecule has 0 unspecified atom stereocenters. The number of carbonyl (C=O) groups is 3. The van der Waals surface area contributed by atoms with Crippen molar-refractivity contribution in [1.82, 2.24) is 5.32 Å². The molecule has 1 aromatic rings. The van der Waals surface area contributed by atoms with Gasteiger partial charge in [0, 0.05) is 18.5 Å². The van der Waals surface area contributed by atoms with Gasteiger partial charge < -0.3 is 16.2 Å². The summed E-state index contributed by atoms with van der Waals surface area (Å²) in [6, 6.07) is 5.73. The Morgan fingerprint density at radius 3 is 2.50 bits per heavy atom. The van der Waals surface area contributed by atoms with Crippen LogP contribution in [0.4, 0.5) is 0 Å². The Bertz CT molecular complexity index is 471. The van der Waals surface area contributed by atoms with Crippen LogP contribution >= 0.6 is 0 Å². The molecule has 0 saturated heterocycles. The van der Waals surface area contributed by atoms with Crippen molar-refractivity contribution in [1.29, 1.82) is 0 Å². The number of amides is 2. The lowest BCUT2D eigenvalue weighted by molar-refractivity contribution is -0.118. The second kappa shape index (κ2) is 6.39. The van der Waals surface area contributed by atoms with Crippen LogP contribution in [0.5, 0.6) is 0 Å². The molecule has 0 aromatic heterocycles. The number of nitrogens with two attached hydrogens (primary N) is 1. The van der Waals surface area contributed by atoms with Crippen LogP contribution in [0.2, 0.25) is 0 Å². The molecular formula is C12H14N2O4. The van der Waals surface area contributed by atoms with Crippen LogP contribution in [-0.4, -0.2) is 29.4 Å². The molecule has 0 fully saturated rings. The summed E-state index contributed by atoms with van der Waals surface area (Å²) >= 11 is 0. The lowest BCUT2D eigenvalue weighted by atomic mass is 10.1. The first-order valence-electron chi connectivity index (χ1n) is 5.40. The van der Waals surface area contributed by atoms with E-state index in [0.717, 1.165) is 0 Å². The van der Waals surface area contributed by atoms with Gasteiger partial charge in [-0.05, 0) is 24.6 Å². The quantitative estimate of drug-likeness (QED) is 0.634. The number of nitrogens with one attached hydrogen (secondary N) is 1. The molecule has 6 heteroatoms. The molecule has 0 saturated carbocycles. The fraction of sp³-hybridized carbons (Fsp3) is 0.250. The molecular weight excluding hydrogens is 236 g/mol. The predicted molar refractivity (Wildman–Crippen MR) is 64.2 cm³/mol. The summed E-state index contributed by atoms with van der Waals surface area (Å²) in [5.74, 6) is -1.88. The number of primary amides is 1. The van der Waals surface area contributed by atoms with Gasteiger partial charge in [0.15, 0.2) is 0 Å². The largest absolute Gasteiger partial charge is 0.478 e. The van der Waals surface area contributed by atoms with Gasteiger partial charge in [-0.2, -0.15) is 0 Å². The van der Waals surface area contributed by atoms with Gasteiger partial charge >= 0.3 is 5.97 Å². The van der Waals surface area contributed by atoms with Crippen molar-refractivity contribution in [3.8, 4) is 0 Å². The average molecular weight is 250 g/mol. The Morgan fingerprint density at radius 1 is 1.22 bits per heavy atom. The monoisotopic (exact) mass is 250 g/mol. The zero-order valence-corrected chi connectivity index (χ0v) is 9.68. The summed E-state index contributed by atoms with van der Waals surface area (Å²) in [4.78, 5) is 32.8. The fourth-order valence-corrected chi connectivity index (χ4v) is 1.36. The maximum atomic E-state index is 11.6. The van der Waals surface area contributed by atoms with Crippen LogP contribution in [0.1, 0.15) is 33.6 Å². The van der Waals surface area contributed by atoms with Crippen LogP contribution in [0.3, 0.4) is 0 Å². The topological polar surface area (TPSA) is 109 Å². The minimum atomic E-state index is -1.08. The number of carboxylic acid groups (broad SMARTS) is 1. The van der Waals surface area contributed by atoms with Gasteiger partial charge in [0.2, 0.25) is 5.91 Å². The molecule has 18 heavy (non-hydrogen) atoms. The average Bonchev–Trinajstić information content (AvgIpc) is 2.34. The predicted octanol–water partition coefficient (Wildman–Crippen LogP) is 0.380. The highest BCUT2D eigenvalue weighted by Gasteiger charge is 2.08. The number of carboxylic acids is 1. The number of hydrogen-bond acceptors (Lipinski definition) is 3. The SMILES string of the molecule is NC(=O)CCCNC(=O)c1cccc(C(=O)O)c1. The lowest BCUT2D eigenvalue weighted by Gasteiger charge is -2.05.